The fraction of sp³-hybridized carbons (Fsp3) is 0. The molecule has 0 radical (unpaired) electrons. The highest BCUT2D eigenvalue weighted by atomic mass is 15.0. The Morgan fingerprint density at radius 1 is 0.291 bits per heavy atom. The molecule has 4 heteroatoms. The zero-order valence-corrected chi connectivity index (χ0v) is 29.9. The second kappa shape index (κ2) is 13.8. The molecule has 0 amide bonds. The number of hydrogen-bond donors (Lipinski definition) is 0. The zero-order valence-electron chi connectivity index (χ0n) is 29.9. The Balaban J connectivity index is 0.993. The van der Waals surface area contributed by atoms with E-state index in [2.05, 4.69) is 150 Å². The molecule has 0 atom stereocenters. The van der Waals surface area contributed by atoms with Crippen LogP contribution in [0.1, 0.15) is 0 Å². The maximum atomic E-state index is 4.90. The first kappa shape index (κ1) is 32.2. The van der Waals surface area contributed by atoms with Crippen LogP contribution in [-0.4, -0.2) is 19.5 Å². The van der Waals surface area contributed by atoms with Gasteiger partial charge in [0.1, 0.15) is 0 Å². The van der Waals surface area contributed by atoms with Gasteiger partial charge in [-0.3, -0.25) is 0 Å². The lowest BCUT2D eigenvalue weighted by atomic mass is 9.98. The Morgan fingerprint density at radius 3 is 1.24 bits per heavy atom. The third-order valence-corrected chi connectivity index (χ3v) is 10.3. The van der Waals surface area contributed by atoms with Crippen LogP contribution in [0, 0.1) is 0 Å². The lowest BCUT2D eigenvalue weighted by Crippen LogP contribution is -2.00. The summed E-state index contributed by atoms with van der Waals surface area (Å²) < 4.78 is 2.41. The van der Waals surface area contributed by atoms with Crippen LogP contribution in [-0.2, 0) is 0 Å². The number of hydrogen-bond acceptors (Lipinski definition) is 3. The maximum absolute atomic E-state index is 4.90. The predicted octanol–water partition coefficient (Wildman–Crippen LogP) is 13.0. The van der Waals surface area contributed by atoms with Gasteiger partial charge in [0, 0.05) is 38.7 Å². The van der Waals surface area contributed by atoms with Gasteiger partial charge in [-0.05, 0) is 52.1 Å². The van der Waals surface area contributed by atoms with Crippen LogP contribution >= 0.6 is 0 Å². The minimum absolute atomic E-state index is 0.648. The molecule has 0 unspecified atom stereocenters. The summed E-state index contributed by atoms with van der Waals surface area (Å²) in [6.45, 7) is 0. The van der Waals surface area contributed by atoms with E-state index in [1.54, 1.807) is 0 Å². The number of rotatable bonds is 7. The molecular weight excluding hydrogens is 669 g/mol. The number of para-hydroxylation sites is 2. The largest absolute Gasteiger partial charge is 0.309 e. The van der Waals surface area contributed by atoms with Gasteiger partial charge in [0.2, 0.25) is 0 Å². The molecule has 0 spiro atoms. The molecule has 10 rings (SSSR count). The molecule has 0 saturated heterocycles. The average Bonchev–Trinajstić information content (AvgIpc) is 3.61. The lowest BCUT2D eigenvalue weighted by molar-refractivity contribution is 1.07. The van der Waals surface area contributed by atoms with E-state index in [9.17, 15) is 0 Å². The van der Waals surface area contributed by atoms with E-state index >= 15 is 0 Å². The van der Waals surface area contributed by atoms with E-state index in [1.807, 2.05) is 60.7 Å². The fourth-order valence-corrected chi connectivity index (χ4v) is 7.55. The Morgan fingerprint density at radius 2 is 0.709 bits per heavy atom. The molecule has 4 nitrogen and oxygen atoms in total. The Hall–Kier alpha value is -7.43. The monoisotopic (exact) mass is 702 g/mol. The van der Waals surface area contributed by atoms with Crippen molar-refractivity contribution in [2.24, 2.45) is 0 Å². The number of benzene rings is 8. The van der Waals surface area contributed by atoms with Crippen LogP contribution in [0.25, 0.3) is 95.0 Å². The molecule has 2 heterocycles. The molecule has 2 aromatic heterocycles. The van der Waals surface area contributed by atoms with Gasteiger partial charge in [-0.15, -0.1) is 0 Å². The van der Waals surface area contributed by atoms with Crippen LogP contribution in [0.2, 0.25) is 0 Å². The topological polar surface area (TPSA) is 43.6 Å². The van der Waals surface area contributed by atoms with Crippen molar-refractivity contribution >= 4 is 21.8 Å². The summed E-state index contributed by atoms with van der Waals surface area (Å²) in [6, 6.07) is 72.4. The lowest BCUT2D eigenvalue weighted by Gasteiger charge is -2.11. The van der Waals surface area contributed by atoms with Gasteiger partial charge in [-0.25, -0.2) is 15.0 Å². The minimum atomic E-state index is 0.648. The van der Waals surface area contributed by atoms with Gasteiger partial charge in [0.25, 0.3) is 0 Å². The Labute approximate surface area is 319 Å². The molecule has 0 N–H and O–H groups in total. The van der Waals surface area contributed by atoms with Crippen LogP contribution < -0.4 is 0 Å². The predicted molar refractivity (Wildman–Crippen MR) is 227 cm³/mol. The van der Waals surface area contributed by atoms with Crippen LogP contribution in [0.5, 0.6) is 0 Å². The van der Waals surface area contributed by atoms with Crippen LogP contribution in [0.3, 0.4) is 0 Å². The normalized spacial score (nSPS) is 11.3. The second-order valence-electron chi connectivity index (χ2n) is 13.7. The van der Waals surface area contributed by atoms with E-state index in [-0.39, 0.29) is 0 Å². The standard InChI is InChI=1S/C51H34N4/c1-5-14-38(15-6-1)44-22-13-23-45-46-34-42(32-33-47(46)55(48(44)45)43-20-11-4-12-21-43)37-26-24-35(25-27-37)36-28-30-41(31-29-36)51-53-49(39-16-7-2-8-17-39)52-50(54-51)40-18-9-3-10-19-40/h1-34H. The first-order valence-electron chi connectivity index (χ1n) is 18.5. The number of fused-ring (bicyclic) bond motifs is 3. The highest BCUT2D eigenvalue weighted by Gasteiger charge is 2.17. The van der Waals surface area contributed by atoms with Crippen molar-refractivity contribution in [1.82, 2.24) is 19.5 Å². The van der Waals surface area contributed by atoms with Crippen molar-refractivity contribution in [2.45, 2.75) is 0 Å². The van der Waals surface area contributed by atoms with Gasteiger partial charge in [-0.2, -0.15) is 0 Å². The summed E-state index contributed by atoms with van der Waals surface area (Å²) in [7, 11) is 0. The first-order chi connectivity index (χ1) is 27.3. The second-order valence-corrected chi connectivity index (χ2v) is 13.7. The zero-order chi connectivity index (χ0) is 36.6. The highest BCUT2D eigenvalue weighted by molar-refractivity contribution is 6.14. The van der Waals surface area contributed by atoms with Crippen molar-refractivity contribution in [3.63, 3.8) is 0 Å². The van der Waals surface area contributed by atoms with Gasteiger partial charge in [-0.1, -0.05) is 182 Å². The summed E-state index contributed by atoms with van der Waals surface area (Å²) in [5.41, 5.74) is 13.5. The number of aromatic nitrogens is 4. The van der Waals surface area contributed by atoms with Gasteiger partial charge in [0.15, 0.2) is 17.5 Å². The summed E-state index contributed by atoms with van der Waals surface area (Å²) >= 11 is 0. The smallest absolute Gasteiger partial charge is 0.164 e. The molecule has 0 aliphatic heterocycles. The summed E-state index contributed by atoms with van der Waals surface area (Å²) in [5.74, 6) is 1.96. The molecule has 0 aliphatic rings. The highest BCUT2D eigenvalue weighted by Crippen LogP contribution is 2.40. The van der Waals surface area contributed by atoms with Gasteiger partial charge in [0.05, 0.1) is 11.0 Å². The van der Waals surface area contributed by atoms with Crippen molar-refractivity contribution in [2.75, 3.05) is 0 Å². The van der Waals surface area contributed by atoms with E-state index in [0.29, 0.717) is 17.5 Å². The quantitative estimate of drug-likeness (QED) is 0.166. The molecule has 0 bridgehead atoms. The third kappa shape index (κ3) is 6.06. The van der Waals surface area contributed by atoms with Crippen molar-refractivity contribution in [3.8, 4) is 73.2 Å². The molecule has 55 heavy (non-hydrogen) atoms. The molecule has 0 fully saturated rings. The summed E-state index contributed by atoms with van der Waals surface area (Å²) in [5, 5.41) is 2.47. The molecule has 258 valence electrons. The minimum Gasteiger partial charge on any atom is -0.309 e. The van der Waals surface area contributed by atoms with E-state index < -0.39 is 0 Å². The fourth-order valence-electron chi connectivity index (χ4n) is 7.55. The Kier molecular flexibility index (Phi) is 8.12. The van der Waals surface area contributed by atoms with E-state index in [0.717, 1.165) is 33.5 Å². The molecule has 0 saturated carbocycles. The van der Waals surface area contributed by atoms with Gasteiger partial charge < -0.3 is 4.57 Å². The Bertz CT molecular complexity index is 2860. The molecule has 0 aliphatic carbocycles. The molecule has 8 aromatic carbocycles. The van der Waals surface area contributed by atoms with E-state index in [1.165, 1.54) is 44.1 Å². The SMILES string of the molecule is c1ccc(-c2nc(-c3ccccc3)nc(-c3ccc(-c4ccc(-c5ccc6c(c5)c5cccc(-c7ccccc7)c5n6-c5ccccc5)cc4)cc3)n2)cc1. The van der Waals surface area contributed by atoms with Crippen LogP contribution in [0.4, 0.5) is 0 Å². The third-order valence-electron chi connectivity index (χ3n) is 10.3. The maximum Gasteiger partial charge on any atom is 0.164 e. The van der Waals surface area contributed by atoms with E-state index in [4.69, 9.17) is 15.0 Å². The van der Waals surface area contributed by atoms with Crippen molar-refractivity contribution in [3.05, 3.63) is 206 Å². The summed E-state index contributed by atoms with van der Waals surface area (Å²) in [6.07, 6.45) is 0. The first-order valence-corrected chi connectivity index (χ1v) is 18.5. The van der Waals surface area contributed by atoms with Crippen LogP contribution in [0.15, 0.2) is 206 Å². The average molecular weight is 703 g/mol. The van der Waals surface area contributed by atoms with Crippen molar-refractivity contribution < 1.29 is 0 Å². The summed E-state index contributed by atoms with van der Waals surface area (Å²) in [4.78, 5) is 14.6. The van der Waals surface area contributed by atoms with Gasteiger partial charge >= 0.3 is 0 Å². The van der Waals surface area contributed by atoms with Crippen molar-refractivity contribution in [1.29, 1.82) is 0 Å². The molecule has 10 aromatic rings. The molecular formula is C51H34N4. The number of nitrogens with zero attached hydrogens (tertiary/aromatic N) is 4.